The van der Waals surface area contributed by atoms with E-state index in [1.807, 2.05) is 48.5 Å². The number of hydrogen-bond donors (Lipinski definition) is 4. The Morgan fingerprint density at radius 1 is 0.808 bits per heavy atom. The van der Waals surface area contributed by atoms with E-state index in [1.54, 1.807) is 18.3 Å². The minimum Gasteiger partial charge on any atom is -0.478 e. The number of aliphatic hydroxyl groups is 1. The molecule has 4 bridgehead atoms. The Labute approximate surface area is 308 Å². The van der Waals surface area contributed by atoms with E-state index in [9.17, 15) is 19.8 Å². The zero-order chi connectivity index (χ0) is 35.7. The molecule has 5 fully saturated rings. The number of nitrogens with zero attached hydrogens (tertiary/aromatic N) is 1. The lowest BCUT2D eigenvalue weighted by Gasteiger charge is -2.56. The third-order valence-electron chi connectivity index (χ3n) is 11.3. The van der Waals surface area contributed by atoms with Crippen molar-refractivity contribution in [2.45, 2.75) is 87.2 Å². The third kappa shape index (κ3) is 7.76. The summed E-state index contributed by atoms with van der Waals surface area (Å²) in [7, 11) is 0. The van der Waals surface area contributed by atoms with Crippen molar-refractivity contribution < 1.29 is 29.3 Å². The van der Waals surface area contributed by atoms with E-state index in [0.717, 1.165) is 70.4 Å². The molecule has 10 heteroatoms. The van der Waals surface area contributed by atoms with E-state index < -0.39 is 12.3 Å². The molecule has 0 spiro atoms. The normalized spacial score (nSPS) is 27.6. The second-order valence-electron chi connectivity index (χ2n) is 15.2. The van der Waals surface area contributed by atoms with E-state index in [2.05, 4.69) is 39.9 Å². The average molecular weight is 720 g/mol. The number of aromatic nitrogens is 1. The van der Waals surface area contributed by atoms with Crippen LogP contribution in [0.2, 0.25) is 0 Å². The summed E-state index contributed by atoms with van der Waals surface area (Å²) in [5.41, 5.74) is 5.97. The number of benzene rings is 3. The highest BCUT2D eigenvalue weighted by atomic mass is 32.2. The number of amides is 2. The van der Waals surface area contributed by atoms with Crippen molar-refractivity contribution in [3.05, 3.63) is 119 Å². The molecule has 2 amide bonds. The molecule has 5 aliphatic rings. The minimum absolute atomic E-state index is 0.0133. The number of hydrogen-bond acceptors (Lipinski definition) is 7. The number of thioether (sulfide) groups is 1. The van der Waals surface area contributed by atoms with Crippen LogP contribution in [0, 0.1) is 17.8 Å². The second-order valence-corrected chi connectivity index (χ2v) is 16.2. The topological polar surface area (TPSA) is 130 Å². The molecule has 4 aliphatic carbocycles. The van der Waals surface area contributed by atoms with E-state index >= 15 is 0 Å². The number of carboxylic acid groups (broad SMARTS) is 1. The summed E-state index contributed by atoms with van der Waals surface area (Å²) >= 11 is 1.37. The van der Waals surface area contributed by atoms with Crippen LogP contribution in [0.1, 0.15) is 90.0 Å². The Morgan fingerprint density at radius 2 is 1.52 bits per heavy atom. The molecular weight excluding hydrogens is 675 g/mol. The molecule has 1 saturated heterocycles. The first-order valence-corrected chi connectivity index (χ1v) is 19.4. The zero-order valence-corrected chi connectivity index (χ0v) is 29.9. The summed E-state index contributed by atoms with van der Waals surface area (Å²) in [6, 6.07) is 27.3. The van der Waals surface area contributed by atoms with Crippen molar-refractivity contribution in [2.75, 3.05) is 5.75 Å². The van der Waals surface area contributed by atoms with Crippen LogP contribution >= 0.6 is 11.8 Å². The minimum atomic E-state index is -1.01. The number of nitrogens with one attached hydrogen (secondary N) is 2. The Morgan fingerprint density at radius 3 is 2.21 bits per heavy atom. The molecule has 1 aliphatic heterocycles. The summed E-state index contributed by atoms with van der Waals surface area (Å²) in [6.45, 7) is 0.427. The summed E-state index contributed by atoms with van der Waals surface area (Å²) in [6.07, 6.45) is 8.48. The molecule has 0 radical (unpaired) electrons. The predicted molar refractivity (Wildman–Crippen MR) is 198 cm³/mol. The number of carbonyl (C=O) groups is 2. The van der Waals surface area contributed by atoms with Crippen LogP contribution in [-0.2, 0) is 22.6 Å². The monoisotopic (exact) mass is 719 g/mol. The van der Waals surface area contributed by atoms with Crippen molar-refractivity contribution in [1.82, 2.24) is 15.6 Å². The molecule has 3 unspecified atom stereocenters. The SMILES string of the molecule is O=C(NCc1cccc(-c2ccc(C3OC(CSc4ncccc4C(=O)O)CC(c4ccc(CO)cc4)O3)cc2)c1)NC12CC3CC(CC(C3)C1)C2. The van der Waals surface area contributed by atoms with E-state index in [-0.39, 0.29) is 35.9 Å². The highest BCUT2D eigenvalue weighted by Gasteiger charge is 2.51. The van der Waals surface area contributed by atoms with Gasteiger partial charge in [-0.2, -0.15) is 0 Å². The summed E-state index contributed by atoms with van der Waals surface area (Å²) in [5, 5.41) is 26.2. The van der Waals surface area contributed by atoms with Gasteiger partial charge in [0.15, 0.2) is 6.29 Å². The lowest BCUT2D eigenvalue weighted by molar-refractivity contribution is -0.245. The van der Waals surface area contributed by atoms with Gasteiger partial charge >= 0.3 is 12.0 Å². The van der Waals surface area contributed by atoms with Crippen LogP contribution in [0.3, 0.4) is 0 Å². The molecule has 9 rings (SSSR count). The molecule has 2 heterocycles. The summed E-state index contributed by atoms with van der Waals surface area (Å²) in [4.78, 5) is 29.2. The molecule has 3 aromatic carbocycles. The van der Waals surface area contributed by atoms with Gasteiger partial charge in [-0.05, 0) is 102 Å². The molecular formula is C42H45N3O6S. The molecule has 4 aromatic rings. The molecule has 52 heavy (non-hydrogen) atoms. The van der Waals surface area contributed by atoms with Gasteiger partial charge < -0.3 is 30.3 Å². The maximum atomic E-state index is 13.1. The molecule has 1 aromatic heterocycles. The van der Waals surface area contributed by atoms with Crippen LogP contribution in [0.5, 0.6) is 0 Å². The Hall–Kier alpha value is -4.22. The van der Waals surface area contributed by atoms with Gasteiger partial charge in [0, 0.05) is 36.0 Å². The lowest BCUT2D eigenvalue weighted by Crippen LogP contribution is -2.61. The molecule has 4 N–H and O–H groups in total. The van der Waals surface area contributed by atoms with Gasteiger partial charge in [0.25, 0.3) is 0 Å². The van der Waals surface area contributed by atoms with Crippen molar-refractivity contribution in [1.29, 1.82) is 0 Å². The predicted octanol–water partition coefficient (Wildman–Crippen LogP) is 8.04. The maximum absolute atomic E-state index is 13.1. The maximum Gasteiger partial charge on any atom is 0.338 e. The standard InChI is InChI=1S/C42H45N3O6S/c46-24-26-6-8-32(9-7-26)37-19-35(25-52-38-36(39(47)48)5-2-14-43-38)50-40(51-37)33-12-10-31(11-13-33)34-4-1-3-27(18-34)23-44-41(49)45-42-20-28-15-29(21-42)17-30(16-28)22-42/h1-14,18,28-30,35,37,40,46H,15-17,19-25H2,(H,47,48)(H2,44,45,49). The molecule has 270 valence electrons. The first-order valence-electron chi connectivity index (χ1n) is 18.4. The van der Waals surface area contributed by atoms with Gasteiger partial charge in [0.2, 0.25) is 0 Å². The fraction of sp³-hybridized carbons (Fsp3) is 0.405. The number of carboxylic acids is 1. The van der Waals surface area contributed by atoms with E-state index in [0.29, 0.717) is 23.7 Å². The van der Waals surface area contributed by atoms with Crippen molar-refractivity contribution in [2.24, 2.45) is 17.8 Å². The average Bonchev–Trinajstić information content (AvgIpc) is 3.16. The quantitative estimate of drug-likeness (QED) is 0.115. The Bertz CT molecular complexity index is 1870. The van der Waals surface area contributed by atoms with Crippen LogP contribution in [-0.4, -0.2) is 44.6 Å². The van der Waals surface area contributed by atoms with Crippen LogP contribution < -0.4 is 10.6 Å². The van der Waals surface area contributed by atoms with E-state index in [4.69, 9.17) is 9.47 Å². The summed E-state index contributed by atoms with van der Waals surface area (Å²) in [5.74, 6) is 1.83. The van der Waals surface area contributed by atoms with E-state index in [1.165, 1.54) is 31.0 Å². The number of ether oxygens (including phenoxy) is 2. The Balaban J connectivity index is 0.931. The lowest BCUT2D eigenvalue weighted by atomic mass is 9.53. The van der Waals surface area contributed by atoms with Gasteiger partial charge in [-0.15, -0.1) is 11.8 Å². The molecule has 9 nitrogen and oxygen atoms in total. The Kier molecular flexibility index (Phi) is 10.1. The van der Waals surface area contributed by atoms with Gasteiger partial charge in [-0.3, -0.25) is 0 Å². The van der Waals surface area contributed by atoms with Crippen LogP contribution in [0.25, 0.3) is 11.1 Å². The van der Waals surface area contributed by atoms with Crippen LogP contribution in [0.4, 0.5) is 4.79 Å². The van der Waals surface area contributed by atoms with Crippen LogP contribution in [0.15, 0.2) is 96.2 Å². The highest BCUT2D eigenvalue weighted by molar-refractivity contribution is 7.99. The van der Waals surface area contributed by atoms with Crippen molar-refractivity contribution in [3.8, 4) is 11.1 Å². The number of aliphatic hydroxyl groups excluding tert-OH is 1. The van der Waals surface area contributed by atoms with Crippen molar-refractivity contribution in [3.63, 3.8) is 0 Å². The molecule has 3 atom stereocenters. The zero-order valence-electron chi connectivity index (χ0n) is 29.1. The second kappa shape index (κ2) is 15.0. The number of pyridine rings is 1. The third-order valence-corrected chi connectivity index (χ3v) is 12.5. The van der Waals surface area contributed by atoms with Gasteiger partial charge in [-0.25, -0.2) is 14.6 Å². The number of carbonyl (C=O) groups excluding carboxylic acids is 1. The first-order chi connectivity index (χ1) is 25.3. The molecule has 4 saturated carbocycles. The highest BCUT2D eigenvalue weighted by Crippen LogP contribution is 2.55. The fourth-order valence-electron chi connectivity index (χ4n) is 9.29. The van der Waals surface area contributed by atoms with Gasteiger partial charge in [-0.1, -0.05) is 66.7 Å². The number of urea groups is 1. The number of rotatable bonds is 11. The largest absolute Gasteiger partial charge is 0.478 e. The van der Waals surface area contributed by atoms with Crippen molar-refractivity contribution >= 4 is 23.8 Å². The summed E-state index contributed by atoms with van der Waals surface area (Å²) < 4.78 is 13.0. The van der Waals surface area contributed by atoms with Gasteiger partial charge in [0.05, 0.1) is 24.4 Å². The first kappa shape index (κ1) is 34.8. The number of aromatic carboxylic acids is 1. The van der Waals surface area contributed by atoms with Gasteiger partial charge in [0.1, 0.15) is 5.03 Å². The fourth-order valence-corrected chi connectivity index (χ4v) is 10.3. The smallest absolute Gasteiger partial charge is 0.338 e.